The van der Waals surface area contributed by atoms with Gasteiger partial charge in [0.05, 0.1) is 22.3 Å². The predicted molar refractivity (Wildman–Crippen MR) is 154 cm³/mol. The van der Waals surface area contributed by atoms with Gasteiger partial charge in [0.15, 0.2) is 9.84 Å². The number of halogens is 5. The molecule has 42 heavy (non-hydrogen) atoms. The Morgan fingerprint density at radius 3 is 2.55 bits per heavy atom. The van der Waals surface area contributed by atoms with Gasteiger partial charge in [0.25, 0.3) is 5.91 Å². The van der Waals surface area contributed by atoms with Gasteiger partial charge >= 0.3 is 6.18 Å². The molecule has 0 radical (unpaired) electrons. The minimum atomic E-state index is -4.79. The van der Waals surface area contributed by atoms with E-state index in [1.165, 1.54) is 31.2 Å². The molecule has 0 spiro atoms. The molecular weight excluding hydrogens is 616 g/mol. The fourth-order valence-electron chi connectivity index (χ4n) is 5.35. The van der Waals surface area contributed by atoms with Crippen LogP contribution < -0.4 is 16.0 Å². The first-order valence-electron chi connectivity index (χ1n) is 13.7. The number of sulfone groups is 1. The van der Waals surface area contributed by atoms with Crippen LogP contribution in [0.25, 0.3) is 0 Å². The first-order chi connectivity index (χ1) is 19.8. The van der Waals surface area contributed by atoms with Gasteiger partial charge in [-0.2, -0.15) is 13.2 Å². The lowest BCUT2D eigenvalue weighted by molar-refractivity contribution is -0.138. The molecule has 4 rings (SSSR count). The van der Waals surface area contributed by atoms with E-state index in [0.717, 1.165) is 31.9 Å². The number of hydrogen-bond acceptors (Lipinski definition) is 6. The number of alkyl halides is 3. The SMILES string of the molecule is CCS(=O)(=O)c1ccc(Cl)cc1CNC(=O)c1cc(Cl)c(CN2CCC[C@H](NC(=O)C3CCCN3)C2)c(C(F)(F)F)c1. The molecule has 8 nitrogen and oxygen atoms in total. The zero-order chi connectivity index (χ0) is 30.7. The fourth-order valence-corrected chi connectivity index (χ4v) is 6.95. The molecule has 2 aromatic carbocycles. The summed E-state index contributed by atoms with van der Waals surface area (Å²) < 4.78 is 67.5. The van der Waals surface area contributed by atoms with Gasteiger partial charge in [-0.05, 0) is 80.2 Å². The number of rotatable bonds is 9. The lowest BCUT2D eigenvalue weighted by atomic mass is 9.99. The largest absolute Gasteiger partial charge is 0.416 e. The number of piperidine rings is 1. The predicted octanol–water partition coefficient (Wildman–Crippen LogP) is 4.57. The second kappa shape index (κ2) is 13.5. The Labute approximate surface area is 253 Å². The topological polar surface area (TPSA) is 108 Å². The number of carbonyl (C=O) groups is 2. The van der Waals surface area contributed by atoms with E-state index in [0.29, 0.717) is 19.5 Å². The molecule has 2 amide bonds. The second-order valence-corrected chi connectivity index (χ2v) is 13.6. The van der Waals surface area contributed by atoms with Crippen molar-refractivity contribution in [3.05, 3.63) is 62.6 Å². The third kappa shape index (κ3) is 7.96. The molecule has 0 bridgehead atoms. The van der Waals surface area contributed by atoms with Crippen LogP contribution in [0.2, 0.25) is 10.0 Å². The Hall–Kier alpha value is -2.38. The zero-order valence-electron chi connectivity index (χ0n) is 23.0. The van der Waals surface area contributed by atoms with Crippen molar-refractivity contribution in [2.24, 2.45) is 0 Å². The van der Waals surface area contributed by atoms with Gasteiger partial charge in [-0.15, -0.1) is 0 Å². The van der Waals surface area contributed by atoms with Crippen molar-refractivity contribution < 1.29 is 31.2 Å². The van der Waals surface area contributed by atoms with Gasteiger partial charge < -0.3 is 16.0 Å². The number of hydrogen-bond donors (Lipinski definition) is 3. The summed E-state index contributed by atoms with van der Waals surface area (Å²) in [6.45, 7) is 2.78. The molecule has 3 N–H and O–H groups in total. The van der Waals surface area contributed by atoms with Crippen LogP contribution in [-0.2, 0) is 33.9 Å². The quantitative estimate of drug-likeness (QED) is 0.368. The molecule has 0 saturated carbocycles. The van der Waals surface area contributed by atoms with Crippen molar-refractivity contribution in [2.45, 2.75) is 68.9 Å². The van der Waals surface area contributed by atoms with E-state index in [9.17, 15) is 31.2 Å². The highest BCUT2D eigenvalue weighted by molar-refractivity contribution is 7.91. The molecule has 2 saturated heterocycles. The van der Waals surface area contributed by atoms with E-state index in [1.807, 2.05) is 4.90 Å². The average Bonchev–Trinajstić information content (AvgIpc) is 3.47. The van der Waals surface area contributed by atoms with E-state index in [-0.39, 0.29) is 68.5 Å². The van der Waals surface area contributed by atoms with Crippen LogP contribution in [0, 0.1) is 0 Å². The first kappa shape index (κ1) is 32.5. The third-order valence-electron chi connectivity index (χ3n) is 7.55. The Balaban J connectivity index is 1.50. The van der Waals surface area contributed by atoms with Crippen molar-refractivity contribution in [2.75, 3.05) is 25.4 Å². The highest BCUT2D eigenvalue weighted by Crippen LogP contribution is 2.37. The first-order valence-corrected chi connectivity index (χ1v) is 16.1. The second-order valence-electron chi connectivity index (χ2n) is 10.6. The summed E-state index contributed by atoms with van der Waals surface area (Å²) in [6.07, 6.45) is -1.69. The number of amides is 2. The Kier molecular flexibility index (Phi) is 10.5. The maximum Gasteiger partial charge on any atom is 0.416 e. The smallest absolute Gasteiger partial charge is 0.351 e. The zero-order valence-corrected chi connectivity index (χ0v) is 25.3. The van der Waals surface area contributed by atoms with Crippen molar-refractivity contribution in [1.82, 2.24) is 20.9 Å². The highest BCUT2D eigenvalue weighted by Gasteiger charge is 2.36. The van der Waals surface area contributed by atoms with E-state index in [2.05, 4.69) is 16.0 Å². The molecule has 2 aliphatic rings. The monoisotopic (exact) mass is 648 g/mol. The average molecular weight is 650 g/mol. The molecule has 0 aliphatic carbocycles. The van der Waals surface area contributed by atoms with Crippen LogP contribution in [-0.4, -0.2) is 62.6 Å². The van der Waals surface area contributed by atoms with Crippen LogP contribution >= 0.6 is 23.2 Å². The summed E-state index contributed by atoms with van der Waals surface area (Å²) in [7, 11) is -3.64. The van der Waals surface area contributed by atoms with Crippen LogP contribution in [0.15, 0.2) is 35.2 Å². The summed E-state index contributed by atoms with van der Waals surface area (Å²) in [5.41, 5.74) is -1.28. The minimum Gasteiger partial charge on any atom is -0.351 e. The Bertz CT molecular complexity index is 1430. The molecule has 2 aromatic rings. The van der Waals surface area contributed by atoms with Crippen LogP contribution in [0.5, 0.6) is 0 Å². The van der Waals surface area contributed by atoms with Crippen molar-refractivity contribution in [3.8, 4) is 0 Å². The minimum absolute atomic E-state index is 0.0189. The van der Waals surface area contributed by atoms with Crippen molar-refractivity contribution in [1.29, 1.82) is 0 Å². The molecule has 230 valence electrons. The summed E-state index contributed by atoms with van der Waals surface area (Å²) in [6, 6.07) is 5.63. The lowest BCUT2D eigenvalue weighted by Crippen LogP contribution is -2.51. The number of nitrogens with one attached hydrogen (secondary N) is 3. The normalized spacial score (nSPS) is 20.0. The van der Waals surface area contributed by atoms with E-state index >= 15 is 0 Å². The van der Waals surface area contributed by atoms with Crippen molar-refractivity contribution >= 4 is 44.9 Å². The molecule has 0 aromatic heterocycles. The number of benzene rings is 2. The van der Waals surface area contributed by atoms with Gasteiger partial charge in [-0.1, -0.05) is 30.1 Å². The van der Waals surface area contributed by atoms with Gasteiger partial charge in [0.1, 0.15) is 0 Å². The number of nitrogens with zero attached hydrogens (tertiary/aromatic N) is 1. The summed E-state index contributed by atoms with van der Waals surface area (Å²) >= 11 is 12.4. The molecule has 1 unspecified atom stereocenters. The maximum absolute atomic E-state index is 14.2. The maximum atomic E-state index is 14.2. The highest BCUT2D eigenvalue weighted by atomic mass is 35.5. The standard InChI is InChI=1S/C28H33Cl2F3N4O4S/c1-2-42(40,41)25-8-7-19(29)11-18(25)14-35-26(38)17-12-22(28(31,32)33)21(23(30)13-17)16-37-10-4-5-20(15-37)36-27(39)24-6-3-9-34-24/h7-8,11-13,20,24,34H,2-6,9-10,14-16H2,1H3,(H,35,38)(H,36,39)/t20-,24?/m0/s1. The van der Waals surface area contributed by atoms with E-state index in [4.69, 9.17) is 23.2 Å². The van der Waals surface area contributed by atoms with E-state index in [1.54, 1.807) is 0 Å². The van der Waals surface area contributed by atoms with Gasteiger partial charge in [0, 0.05) is 41.3 Å². The van der Waals surface area contributed by atoms with E-state index < -0.39 is 27.5 Å². The Morgan fingerprint density at radius 2 is 1.88 bits per heavy atom. The molecule has 2 aliphatic heterocycles. The molecule has 2 heterocycles. The molecule has 14 heteroatoms. The molecule has 2 atom stereocenters. The number of carbonyl (C=O) groups excluding carboxylic acids is 2. The number of likely N-dealkylation sites (tertiary alicyclic amines) is 1. The fraction of sp³-hybridized carbons (Fsp3) is 0.500. The van der Waals surface area contributed by atoms with Crippen LogP contribution in [0.4, 0.5) is 13.2 Å². The summed E-state index contributed by atoms with van der Waals surface area (Å²) in [4.78, 5) is 27.3. The van der Waals surface area contributed by atoms with Gasteiger partial charge in [0.2, 0.25) is 5.91 Å². The van der Waals surface area contributed by atoms with Gasteiger partial charge in [-0.3, -0.25) is 14.5 Å². The molecular formula is C28H33Cl2F3N4O4S. The van der Waals surface area contributed by atoms with Crippen LogP contribution in [0.1, 0.15) is 59.7 Å². The lowest BCUT2D eigenvalue weighted by Gasteiger charge is -2.34. The Morgan fingerprint density at radius 1 is 1.12 bits per heavy atom. The van der Waals surface area contributed by atoms with Crippen LogP contribution in [0.3, 0.4) is 0 Å². The summed E-state index contributed by atoms with van der Waals surface area (Å²) in [5, 5.41) is 8.67. The third-order valence-corrected chi connectivity index (χ3v) is 9.95. The summed E-state index contributed by atoms with van der Waals surface area (Å²) in [5.74, 6) is -1.13. The van der Waals surface area contributed by atoms with Crippen molar-refractivity contribution in [3.63, 3.8) is 0 Å². The van der Waals surface area contributed by atoms with Gasteiger partial charge in [-0.25, -0.2) is 8.42 Å². The molecule has 2 fully saturated rings.